The van der Waals surface area contributed by atoms with Gasteiger partial charge in [0.2, 0.25) is 0 Å². The number of nitrogens with one attached hydrogen (secondary N) is 2. The Hall–Kier alpha value is -2.96. The minimum absolute atomic E-state index is 0.123. The average molecular weight is 654 g/mol. The molecule has 250 valence electrons. The number of amides is 1. The molecular weight excluding hydrogens is 604 g/mol. The lowest BCUT2D eigenvalue weighted by Crippen LogP contribution is -2.54. The van der Waals surface area contributed by atoms with E-state index in [1.807, 2.05) is 4.90 Å². The van der Waals surface area contributed by atoms with E-state index >= 15 is 0 Å². The fourth-order valence-corrected chi connectivity index (χ4v) is 8.37. The Labute approximate surface area is 274 Å². The summed E-state index contributed by atoms with van der Waals surface area (Å²) < 4.78 is 43.8. The quantitative estimate of drug-likeness (QED) is 0.161. The Balaban J connectivity index is 1.52. The van der Waals surface area contributed by atoms with Gasteiger partial charge in [0, 0.05) is 17.6 Å². The van der Waals surface area contributed by atoms with Crippen molar-refractivity contribution in [3.05, 3.63) is 59.2 Å². The zero-order chi connectivity index (χ0) is 33.1. The summed E-state index contributed by atoms with van der Waals surface area (Å²) in [7, 11) is -1.85. The maximum atomic E-state index is 14.0. The number of hydrogen-bond acceptors (Lipinski definition) is 4. The zero-order valence-corrected chi connectivity index (χ0v) is 29.0. The van der Waals surface area contributed by atoms with Crippen LogP contribution in [0.2, 0.25) is 19.6 Å². The van der Waals surface area contributed by atoms with Crippen LogP contribution >= 0.6 is 0 Å². The molecule has 1 heterocycles. The molecule has 5 rings (SSSR count). The maximum Gasteiger partial charge on any atom is 0.573 e. The summed E-state index contributed by atoms with van der Waals surface area (Å²) in [5.41, 5.74) is 6.84. The summed E-state index contributed by atoms with van der Waals surface area (Å²) in [5, 5.41) is 7.48. The molecule has 2 aliphatic carbocycles. The van der Waals surface area contributed by atoms with E-state index in [1.54, 1.807) is 6.07 Å². The number of carbonyl (C=O) groups excluding carboxylic acids is 1. The zero-order valence-electron chi connectivity index (χ0n) is 28.0. The third-order valence-electron chi connectivity index (χ3n) is 9.87. The summed E-state index contributed by atoms with van der Waals surface area (Å²) in [6.07, 6.45) is 5.76. The van der Waals surface area contributed by atoms with Crippen molar-refractivity contribution in [2.75, 3.05) is 11.9 Å². The van der Waals surface area contributed by atoms with Gasteiger partial charge in [-0.25, -0.2) is 0 Å². The standard InChI is InChI=1S/C37H50F3N3O2Si/c1-6-8-19-41-33-23-29-22-31(45-37(38,39)40)15-16-32(29)35(43(33)34(44)17-20-46(3,4)5)28-11-13-30(14-12-28)42-36-18-9-10-27(25-36)21-26(7-2)24-36/h11-16,22,26-27,33,35,41-42H,6-10,18-19,21,23-25H2,1-5H3/t26?,27?,33-,35+,36?/m1/s1. The van der Waals surface area contributed by atoms with Gasteiger partial charge in [-0.15, -0.1) is 18.7 Å². The number of benzene rings is 2. The first-order valence-electron chi connectivity index (χ1n) is 17.1. The first-order valence-corrected chi connectivity index (χ1v) is 20.6. The van der Waals surface area contributed by atoms with Crippen LogP contribution in [0.1, 0.15) is 94.4 Å². The van der Waals surface area contributed by atoms with E-state index < -0.39 is 26.6 Å². The van der Waals surface area contributed by atoms with Crippen LogP contribution in [-0.2, 0) is 11.2 Å². The Bertz CT molecular complexity index is 1430. The van der Waals surface area contributed by atoms with E-state index in [0.29, 0.717) is 13.0 Å². The predicted octanol–water partition coefficient (Wildman–Crippen LogP) is 8.82. The second-order valence-corrected chi connectivity index (χ2v) is 19.5. The number of carbonyl (C=O) groups is 1. The normalized spacial score (nSPS) is 26.0. The van der Waals surface area contributed by atoms with Gasteiger partial charge >= 0.3 is 6.36 Å². The lowest BCUT2D eigenvalue weighted by molar-refractivity contribution is -0.274. The van der Waals surface area contributed by atoms with Crippen molar-refractivity contribution in [1.82, 2.24) is 10.2 Å². The number of nitrogens with zero attached hydrogens (tertiary/aromatic N) is 1. The van der Waals surface area contributed by atoms with Crippen LogP contribution in [0, 0.1) is 23.3 Å². The third-order valence-corrected chi connectivity index (χ3v) is 10.7. The van der Waals surface area contributed by atoms with Crippen LogP contribution < -0.4 is 15.4 Å². The SMILES string of the molecule is CCCCN[C@H]1Cc2cc(OC(F)(F)F)ccc2[C@H](c2ccc(NC34CCCC(CC(CC)C3)C4)cc2)N1C(=O)C#C[Si](C)(C)C. The van der Waals surface area contributed by atoms with E-state index in [1.165, 1.54) is 57.1 Å². The number of hydrogen-bond donors (Lipinski definition) is 2. The number of halogens is 3. The molecule has 3 aliphatic rings. The van der Waals surface area contributed by atoms with Gasteiger partial charge in [-0.1, -0.05) is 77.4 Å². The van der Waals surface area contributed by atoms with Gasteiger partial charge in [0.05, 0.1) is 12.2 Å². The number of unbranched alkanes of at least 4 members (excludes halogenated alkanes) is 1. The molecule has 2 aromatic carbocycles. The van der Waals surface area contributed by atoms with Gasteiger partial charge in [0.25, 0.3) is 5.91 Å². The van der Waals surface area contributed by atoms with Crippen LogP contribution in [0.15, 0.2) is 42.5 Å². The van der Waals surface area contributed by atoms with Gasteiger partial charge < -0.3 is 15.0 Å². The van der Waals surface area contributed by atoms with Crippen molar-refractivity contribution < 1.29 is 22.7 Å². The van der Waals surface area contributed by atoms with Crippen molar-refractivity contribution in [3.63, 3.8) is 0 Å². The smallest absolute Gasteiger partial charge is 0.406 e. The molecule has 0 radical (unpaired) electrons. The molecule has 5 nitrogen and oxygen atoms in total. The average Bonchev–Trinajstić information content (AvgIpc) is 2.98. The van der Waals surface area contributed by atoms with Gasteiger partial charge in [0.15, 0.2) is 0 Å². The lowest BCUT2D eigenvalue weighted by atomic mass is 9.63. The summed E-state index contributed by atoms with van der Waals surface area (Å²) in [5.74, 6) is 3.98. The Morgan fingerprint density at radius 3 is 2.54 bits per heavy atom. The van der Waals surface area contributed by atoms with Gasteiger partial charge in [0.1, 0.15) is 13.8 Å². The molecule has 1 aliphatic heterocycles. The van der Waals surface area contributed by atoms with Crippen LogP contribution in [-0.4, -0.2) is 43.5 Å². The molecule has 2 N–H and O–H groups in total. The Morgan fingerprint density at radius 2 is 1.87 bits per heavy atom. The molecule has 3 unspecified atom stereocenters. The summed E-state index contributed by atoms with van der Waals surface area (Å²) >= 11 is 0. The minimum atomic E-state index is -4.79. The second kappa shape index (κ2) is 14.0. The summed E-state index contributed by atoms with van der Waals surface area (Å²) in [6, 6.07) is 12.3. The highest BCUT2D eigenvalue weighted by molar-refractivity contribution is 6.84. The van der Waals surface area contributed by atoms with Crippen molar-refractivity contribution >= 4 is 19.7 Å². The topological polar surface area (TPSA) is 53.6 Å². The Kier molecular flexibility index (Phi) is 10.5. The molecule has 2 saturated carbocycles. The highest BCUT2D eigenvalue weighted by Gasteiger charge is 2.43. The van der Waals surface area contributed by atoms with E-state index in [4.69, 9.17) is 0 Å². The predicted molar refractivity (Wildman–Crippen MR) is 181 cm³/mol. The molecule has 9 heteroatoms. The Morgan fingerprint density at radius 1 is 1.11 bits per heavy atom. The van der Waals surface area contributed by atoms with Gasteiger partial charge in [-0.3, -0.25) is 10.1 Å². The molecule has 0 aromatic heterocycles. The van der Waals surface area contributed by atoms with Crippen LogP contribution in [0.4, 0.5) is 18.9 Å². The molecule has 5 atom stereocenters. The molecular formula is C37H50F3N3O2Si. The van der Waals surface area contributed by atoms with E-state index in [0.717, 1.165) is 47.1 Å². The monoisotopic (exact) mass is 653 g/mol. The third kappa shape index (κ3) is 8.49. The number of rotatable bonds is 9. The van der Waals surface area contributed by atoms with Crippen LogP contribution in [0.3, 0.4) is 0 Å². The second-order valence-electron chi connectivity index (χ2n) is 14.8. The summed E-state index contributed by atoms with van der Waals surface area (Å²) in [4.78, 5) is 15.8. The van der Waals surface area contributed by atoms with Crippen molar-refractivity contribution in [2.24, 2.45) is 11.8 Å². The van der Waals surface area contributed by atoms with Crippen molar-refractivity contribution in [3.8, 4) is 17.2 Å². The first kappa shape index (κ1) is 34.4. The van der Waals surface area contributed by atoms with E-state index in [9.17, 15) is 18.0 Å². The highest BCUT2D eigenvalue weighted by atomic mass is 28.3. The molecule has 2 bridgehead atoms. The molecule has 0 saturated heterocycles. The summed E-state index contributed by atoms with van der Waals surface area (Å²) in [6.45, 7) is 11.4. The fourth-order valence-electron chi connectivity index (χ4n) is 7.89. The first-order chi connectivity index (χ1) is 21.8. The van der Waals surface area contributed by atoms with Crippen molar-refractivity contribution in [1.29, 1.82) is 0 Å². The molecule has 2 aromatic rings. The number of anilines is 1. The van der Waals surface area contributed by atoms with Gasteiger partial charge in [-0.05, 0) is 97.4 Å². The van der Waals surface area contributed by atoms with E-state index in [2.05, 4.69) is 84.6 Å². The fraction of sp³-hybridized carbons (Fsp3) is 0.595. The number of alkyl halides is 3. The minimum Gasteiger partial charge on any atom is -0.406 e. The number of ether oxygens (including phenoxy) is 1. The largest absolute Gasteiger partial charge is 0.573 e. The van der Waals surface area contributed by atoms with Gasteiger partial charge in [-0.2, -0.15) is 0 Å². The van der Waals surface area contributed by atoms with Crippen molar-refractivity contribution in [2.45, 2.75) is 122 Å². The molecule has 0 spiro atoms. The van der Waals surface area contributed by atoms with Crippen LogP contribution in [0.25, 0.3) is 0 Å². The van der Waals surface area contributed by atoms with E-state index in [-0.39, 0.29) is 17.2 Å². The lowest BCUT2D eigenvalue weighted by Gasteiger charge is -2.49. The molecule has 46 heavy (non-hydrogen) atoms. The highest BCUT2D eigenvalue weighted by Crippen LogP contribution is 2.48. The van der Waals surface area contributed by atoms with Crippen LogP contribution in [0.5, 0.6) is 5.75 Å². The molecule has 2 fully saturated rings. The number of fused-ring (bicyclic) bond motifs is 3. The maximum absolute atomic E-state index is 14.0. The molecule has 1 amide bonds.